The number of quaternary nitrogens is 1. The molecule has 2 heteroatoms. The van der Waals surface area contributed by atoms with Crippen molar-refractivity contribution in [3.63, 3.8) is 0 Å². The highest BCUT2D eigenvalue weighted by Gasteiger charge is 2.08. The van der Waals surface area contributed by atoms with E-state index in [2.05, 4.69) is 52.3 Å². The van der Waals surface area contributed by atoms with Crippen LogP contribution >= 0.6 is 0 Å². The summed E-state index contributed by atoms with van der Waals surface area (Å²) in [5.41, 5.74) is 3.01. The Morgan fingerprint density at radius 3 is 1.40 bits per heavy atom. The van der Waals surface area contributed by atoms with E-state index in [1.807, 2.05) is 0 Å². The van der Waals surface area contributed by atoms with E-state index in [9.17, 15) is 0 Å². The SMILES string of the molecule is CCCCCCCCCCCCCCCCCCc1cccc(C[N+](C)(C)C)c1.[OH-]. The normalized spacial score (nSPS) is 11.5. The van der Waals surface area contributed by atoms with Gasteiger partial charge in [0.2, 0.25) is 0 Å². The Labute approximate surface area is 189 Å². The quantitative estimate of drug-likeness (QED) is 0.163. The van der Waals surface area contributed by atoms with Crippen molar-refractivity contribution in [1.29, 1.82) is 0 Å². The van der Waals surface area contributed by atoms with Gasteiger partial charge in [-0.25, -0.2) is 0 Å². The van der Waals surface area contributed by atoms with Gasteiger partial charge in [0, 0.05) is 5.56 Å². The van der Waals surface area contributed by atoms with Gasteiger partial charge in [-0.3, -0.25) is 0 Å². The lowest BCUT2D eigenvalue weighted by molar-refractivity contribution is -0.884. The summed E-state index contributed by atoms with van der Waals surface area (Å²) in [5.74, 6) is 0. The van der Waals surface area contributed by atoms with Gasteiger partial charge in [0.15, 0.2) is 0 Å². The van der Waals surface area contributed by atoms with Crippen LogP contribution in [0.15, 0.2) is 24.3 Å². The summed E-state index contributed by atoms with van der Waals surface area (Å²) in [6.45, 7) is 3.42. The molecule has 1 rings (SSSR count). The maximum atomic E-state index is 2.43. The molecule has 0 unspecified atom stereocenters. The highest BCUT2D eigenvalue weighted by atomic mass is 16.0. The first-order valence-electron chi connectivity index (χ1n) is 12.9. The predicted molar refractivity (Wildman–Crippen MR) is 133 cm³/mol. The molecule has 30 heavy (non-hydrogen) atoms. The van der Waals surface area contributed by atoms with Crippen LogP contribution in [0.4, 0.5) is 0 Å². The van der Waals surface area contributed by atoms with Gasteiger partial charge in [0.1, 0.15) is 6.54 Å². The van der Waals surface area contributed by atoms with E-state index in [4.69, 9.17) is 0 Å². The molecular formula is C28H53NO. The van der Waals surface area contributed by atoms with Gasteiger partial charge in [0.25, 0.3) is 0 Å². The van der Waals surface area contributed by atoms with Crippen molar-refractivity contribution in [3.05, 3.63) is 35.4 Å². The largest absolute Gasteiger partial charge is 0.870 e. The average Bonchev–Trinajstić information content (AvgIpc) is 2.66. The molecular weight excluding hydrogens is 366 g/mol. The molecule has 2 nitrogen and oxygen atoms in total. The van der Waals surface area contributed by atoms with Gasteiger partial charge in [0.05, 0.1) is 21.1 Å². The van der Waals surface area contributed by atoms with E-state index >= 15 is 0 Å². The molecule has 0 aliphatic carbocycles. The third-order valence-corrected chi connectivity index (χ3v) is 5.97. The van der Waals surface area contributed by atoms with Gasteiger partial charge in [-0.15, -0.1) is 0 Å². The number of nitrogens with zero attached hydrogens (tertiary/aromatic N) is 1. The maximum absolute atomic E-state index is 2.43. The van der Waals surface area contributed by atoms with Crippen molar-refractivity contribution in [1.82, 2.24) is 0 Å². The molecule has 0 saturated heterocycles. The molecule has 0 spiro atoms. The zero-order chi connectivity index (χ0) is 21.2. The predicted octanol–water partition coefficient (Wildman–Crippen LogP) is 8.52. The molecule has 0 atom stereocenters. The Kier molecular flexibility index (Phi) is 18.3. The minimum atomic E-state index is 0. The monoisotopic (exact) mass is 419 g/mol. The zero-order valence-electron chi connectivity index (χ0n) is 20.9. The van der Waals surface area contributed by atoms with Crippen molar-refractivity contribution in [2.24, 2.45) is 0 Å². The first-order valence-corrected chi connectivity index (χ1v) is 12.9. The van der Waals surface area contributed by atoms with Gasteiger partial charge < -0.3 is 9.96 Å². The molecule has 0 fully saturated rings. The lowest BCUT2D eigenvalue weighted by Crippen LogP contribution is -2.33. The summed E-state index contributed by atoms with van der Waals surface area (Å²) in [6, 6.07) is 9.26. The van der Waals surface area contributed by atoms with E-state index in [0.29, 0.717) is 0 Å². The Balaban J connectivity index is 0.00000841. The first kappa shape index (κ1) is 29.1. The molecule has 0 heterocycles. The minimum absolute atomic E-state index is 0. The molecule has 0 saturated carbocycles. The van der Waals surface area contributed by atoms with Gasteiger partial charge in [-0.1, -0.05) is 128 Å². The Morgan fingerprint density at radius 2 is 0.967 bits per heavy atom. The Morgan fingerprint density at radius 1 is 0.567 bits per heavy atom. The molecule has 0 aliphatic heterocycles. The summed E-state index contributed by atoms with van der Waals surface area (Å²) < 4.78 is 1.00. The fraction of sp³-hybridized carbons (Fsp3) is 0.786. The van der Waals surface area contributed by atoms with Gasteiger partial charge >= 0.3 is 0 Å². The Bertz CT molecular complexity index is 492. The third kappa shape index (κ3) is 18.0. The molecule has 0 bridgehead atoms. The Hall–Kier alpha value is -0.860. The number of hydrogen-bond acceptors (Lipinski definition) is 1. The van der Waals surface area contributed by atoms with E-state index in [-0.39, 0.29) is 5.48 Å². The van der Waals surface area contributed by atoms with Crippen molar-refractivity contribution >= 4 is 0 Å². The van der Waals surface area contributed by atoms with Crippen LogP contribution in [0.1, 0.15) is 121 Å². The number of hydrogen-bond donors (Lipinski definition) is 0. The molecule has 1 N–H and O–H groups in total. The van der Waals surface area contributed by atoms with Gasteiger partial charge in [-0.05, 0) is 18.4 Å². The number of aryl methyl sites for hydroxylation is 1. The van der Waals surface area contributed by atoms with Crippen LogP contribution in [-0.2, 0) is 13.0 Å². The average molecular weight is 420 g/mol. The second kappa shape index (κ2) is 18.9. The maximum Gasteiger partial charge on any atom is 0.104 e. The van der Waals surface area contributed by atoms with Crippen LogP contribution in [0, 0.1) is 0 Å². The summed E-state index contributed by atoms with van der Waals surface area (Å²) in [6.07, 6.45) is 24.4. The molecule has 0 radical (unpaired) electrons. The molecule has 0 aromatic heterocycles. The fourth-order valence-corrected chi connectivity index (χ4v) is 4.31. The molecule has 0 aliphatic rings. The van der Waals surface area contributed by atoms with E-state index in [1.165, 1.54) is 120 Å². The smallest absolute Gasteiger partial charge is 0.104 e. The van der Waals surface area contributed by atoms with Crippen molar-refractivity contribution in [2.75, 3.05) is 21.1 Å². The molecule has 1 aromatic carbocycles. The molecule has 1 aromatic rings. The van der Waals surface area contributed by atoms with E-state index in [1.54, 1.807) is 0 Å². The van der Waals surface area contributed by atoms with Crippen LogP contribution in [0.25, 0.3) is 0 Å². The van der Waals surface area contributed by atoms with Crippen LogP contribution in [0.3, 0.4) is 0 Å². The van der Waals surface area contributed by atoms with Crippen molar-refractivity contribution in [3.8, 4) is 0 Å². The van der Waals surface area contributed by atoms with E-state index < -0.39 is 0 Å². The highest BCUT2D eigenvalue weighted by Crippen LogP contribution is 2.16. The van der Waals surface area contributed by atoms with Crippen LogP contribution in [0.5, 0.6) is 0 Å². The number of rotatable bonds is 19. The summed E-state index contributed by atoms with van der Waals surface area (Å²) in [4.78, 5) is 0. The number of benzene rings is 1. The van der Waals surface area contributed by atoms with Gasteiger partial charge in [-0.2, -0.15) is 0 Å². The van der Waals surface area contributed by atoms with Crippen LogP contribution < -0.4 is 0 Å². The summed E-state index contributed by atoms with van der Waals surface area (Å²) in [5, 5.41) is 0. The lowest BCUT2D eigenvalue weighted by atomic mass is 10.0. The van der Waals surface area contributed by atoms with E-state index in [0.717, 1.165) is 11.0 Å². The summed E-state index contributed by atoms with van der Waals surface area (Å²) in [7, 11) is 6.80. The second-order valence-electron chi connectivity index (χ2n) is 10.3. The first-order chi connectivity index (χ1) is 14.0. The second-order valence-corrected chi connectivity index (χ2v) is 10.3. The molecule has 0 amide bonds. The van der Waals surface area contributed by atoms with Crippen molar-refractivity contribution in [2.45, 2.75) is 123 Å². The van der Waals surface area contributed by atoms with Crippen LogP contribution in [0.2, 0.25) is 0 Å². The number of unbranched alkanes of at least 4 members (excludes halogenated alkanes) is 15. The highest BCUT2D eigenvalue weighted by molar-refractivity contribution is 5.23. The standard InChI is InChI=1S/C28H52N.H2O/c1-5-6-7-8-9-10-11-12-13-14-15-16-17-18-19-20-22-27-23-21-24-28(25-27)26-29(2,3)4;/h21,23-25H,5-20,22,26H2,1-4H3;1H2/q+1;/p-1. The lowest BCUT2D eigenvalue weighted by Gasteiger charge is -2.24. The zero-order valence-corrected chi connectivity index (χ0v) is 20.9. The third-order valence-electron chi connectivity index (χ3n) is 5.97. The minimum Gasteiger partial charge on any atom is -0.870 e. The fourth-order valence-electron chi connectivity index (χ4n) is 4.31. The van der Waals surface area contributed by atoms with Crippen molar-refractivity contribution < 1.29 is 9.96 Å². The summed E-state index contributed by atoms with van der Waals surface area (Å²) >= 11 is 0. The molecule has 176 valence electrons. The topological polar surface area (TPSA) is 30.0 Å². The van der Waals surface area contributed by atoms with Crippen LogP contribution in [-0.4, -0.2) is 31.1 Å².